The Balaban J connectivity index is 1.82. The number of piperidine rings is 1. The van der Waals surface area contributed by atoms with Gasteiger partial charge in [0.05, 0.1) is 5.56 Å². The number of likely N-dealkylation sites (tertiary alicyclic amines) is 1. The van der Waals surface area contributed by atoms with Crippen LogP contribution >= 0.6 is 0 Å². The average molecular weight is 261 g/mol. The Morgan fingerprint density at radius 2 is 1.84 bits per heavy atom. The number of rotatable bonds is 4. The maximum absolute atomic E-state index is 12.0. The fourth-order valence-electron chi connectivity index (χ4n) is 2.48. The molecule has 0 amide bonds. The van der Waals surface area contributed by atoms with Crippen molar-refractivity contribution in [1.29, 1.82) is 0 Å². The Morgan fingerprint density at radius 3 is 2.47 bits per heavy atom. The van der Waals surface area contributed by atoms with Crippen LogP contribution in [0.4, 0.5) is 0 Å². The van der Waals surface area contributed by atoms with Crippen LogP contribution in [0.15, 0.2) is 24.3 Å². The number of esters is 1. The molecule has 0 radical (unpaired) electrons. The lowest BCUT2D eigenvalue weighted by Crippen LogP contribution is -2.37. The summed E-state index contributed by atoms with van der Waals surface area (Å²) in [5.74, 6) is -0.218. The van der Waals surface area contributed by atoms with Crippen molar-refractivity contribution in [1.82, 2.24) is 4.90 Å². The van der Waals surface area contributed by atoms with Crippen molar-refractivity contribution in [3.63, 3.8) is 0 Å². The van der Waals surface area contributed by atoms with Gasteiger partial charge >= 0.3 is 5.97 Å². The van der Waals surface area contributed by atoms with Crippen LogP contribution in [0.1, 0.15) is 42.1 Å². The second kappa shape index (κ2) is 6.71. The van der Waals surface area contributed by atoms with Crippen LogP contribution in [0.2, 0.25) is 0 Å². The Hall–Kier alpha value is -1.35. The molecule has 0 unspecified atom stereocenters. The first kappa shape index (κ1) is 14.1. The van der Waals surface area contributed by atoms with Gasteiger partial charge in [-0.1, -0.05) is 24.1 Å². The second-order valence-corrected chi connectivity index (χ2v) is 5.44. The molecule has 1 atom stereocenters. The van der Waals surface area contributed by atoms with Crippen LogP contribution in [0.5, 0.6) is 0 Å². The molecule has 0 aliphatic carbocycles. The third-order valence-electron chi connectivity index (χ3n) is 3.56. The Labute approximate surface area is 115 Å². The highest BCUT2D eigenvalue weighted by molar-refractivity contribution is 5.89. The van der Waals surface area contributed by atoms with Gasteiger partial charge in [-0.3, -0.25) is 4.90 Å². The molecule has 3 nitrogen and oxygen atoms in total. The fourth-order valence-corrected chi connectivity index (χ4v) is 2.48. The Bertz CT molecular complexity index is 407. The molecule has 1 fully saturated rings. The van der Waals surface area contributed by atoms with E-state index in [0.717, 1.165) is 25.2 Å². The molecule has 1 heterocycles. The molecule has 1 saturated heterocycles. The van der Waals surface area contributed by atoms with Crippen molar-refractivity contribution < 1.29 is 9.53 Å². The molecule has 1 aromatic carbocycles. The maximum Gasteiger partial charge on any atom is 0.338 e. The van der Waals surface area contributed by atoms with E-state index in [1.807, 2.05) is 38.1 Å². The lowest BCUT2D eigenvalue weighted by molar-refractivity contribution is 0.0236. The SMILES string of the molecule is Cc1ccc(C(=O)O[C@@H](C)CN2CCCCC2)cc1. The van der Waals surface area contributed by atoms with Crippen molar-refractivity contribution in [2.24, 2.45) is 0 Å². The van der Waals surface area contributed by atoms with Crippen molar-refractivity contribution in [3.05, 3.63) is 35.4 Å². The zero-order chi connectivity index (χ0) is 13.7. The van der Waals surface area contributed by atoms with E-state index in [1.165, 1.54) is 19.3 Å². The third kappa shape index (κ3) is 4.35. The van der Waals surface area contributed by atoms with Crippen LogP contribution in [0.25, 0.3) is 0 Å². The van der Waals surface area contributed by atoms with Gasteiger partial charge in [0.1, 0.15) is 6.10 Å². The molecule has 0 spiro atoms. The summed E-state index contributed by atoms with van der Waals surface area (Å²) < 4.78 is 5.50. The number of carbonyl (C=O) groups is 1. The predicted octanol–water partition coefficient (Wildman–Crippen LogP) is 3.03. The molecule has 1 aliphatic heterocycles. The number of carbonyl (C=O) groups excluding carboxylic acids is 1. The first-order chi connectivity index (χ1) is 9.15. The summed E-state index contributed by atoms with van der Waals surface area (Å²) in [5.41, 5.74) is 1.79. The van der Waals surface area contributed by atoms with Gasteiger partial charge in [0.2, 0.25) is 0 Å². The van der Waals surface area contributed by atoms with Crippen molar-refractivity contribution in [3.8, 4) is 0 Å². The number of hydrogen-bond acceptors (Lipinski definition) is 3. The lowest BCUT2D eigenvalue weighted by atomic mass is 10.1. The standard InChI is InChI=1S/C16H23NO2/c1-13-6-8-15(9-7-13)16(18)19-14(2)12-17-10-4-3-5-11-17/h6-9,14H,3-5,10-12H2,1-2H3/t14-/m0/s1. The first-order valence-corrected chi connectivity index (χ1v) is 7.15. The van der Waals surface area contributed by atoms with E-state index in [2.05, 4.69) is 4.90 Å². The van der Waals surface area contributed by atoms with Crippen LogP contribution in [0.3, 0.4) is 0 Å². The molecule has 0 bridgehead atoms. The molecule has 0 saturated carbocycles. The van der Waals surface area contributed by atoms with Crippen LogP contribution in [0, 0.1) is 6.92 Å². The van der Waals surface area contributed by atoms with E-state index in [-0.39, 0.29) is 12.1 Å². The minimum atomic E-state index is -0.218. The highest BCUT2D eigenvalue weighted by Gasteiger charge is 2.17. The molecular formula is C16H23NO2. The van der Waals surface area contributed by atoms with Crippen LogP contribution < -0.4 is 0 Å². The molecule has 3 heteroatoms. The van der Waals surface area contributed by atoms with Crippen LogP contribution in [-0.2, 0) is 4.74 Å². The topological polar surface area (TPSA) is 29.5 Å². The maximum atomic E-state index is 12.0. The first-order valence-electron chi connectivity index (χ1n) is 7.15. The minimum absolute atomic E-state index is 0.0492. The summed E-state index contributed by atoms with van der Waals surface area (Å²) in [7, 11) is 0. The summed E-state index contributed by atoms with van der Waals surface area (Å²) in [6, 6.07) is 7.52. The van der Waals surface area contributed by atoms with E-state index in [1.54, 1.807) is 0 Å². The molecule has 0 N–H and O–H groups in total. The molecule has 104 valence electrons. The van der Waals surface area contributed by atoms with Crippen LogP contribution in [-0.4, -0.2) is 36.6 Å². The lowest BCUT2D eigenvalue weighted by Gasteiger charge is -2.28. The predicted molar refractivity (Wildman–Crippen MR) is 76.3 cm³/mol. The molecule has 19 heavy (non-hydrogen) atoms. The zero-order valence-corrected chi connectivity index (χ0v) is 11.9. The van der Waals surface area contributed by atoms with Gasteiger partial charge in [-0.05, 0) is 51.9 Å². The average Bonchev–Trinajstić information content (AvgIpc) is 2.40. The third-order valence-corrected chi connectivity index (χ3v) is 3.56. The Kier molecular flexibility index (Phi) is 4.97. The quantitative estimate of drug-likeness (QED) is 0.780. The highest BCUT2D eigenvalue weighted by Crippen LogP contribution is 2.11. The van der Waals surface area contributed by atoms with E-state index < -0.39 is 0 Å². The van der Waals surface area contributed by atoms with Gasteiger partial charge in [-0.15, -0.1) is 0 Å². The van der Waals surface area contributed by atoms with Gasteiger partial charge in [0.25, 0.3) is 0 Å². The van der Waals surface area contributed by atoms with Crippen molar-refractivity contribution in [2.45, 2.75) is 39.2 Å². The summed E-state index contributed by atoms with van der Waals surface area (Å²) in [4.78, 5) is 14.4. The van der Waals surface area contributed by atoms with E-state index in [0.29, 0.717) is 5.56 Å². The summed E-state index contributed by atoms with van der Waals surface area (Å²) in [5, 5.41) is 0. The van der Waals surface area contributed by atoms with Gasteiger partial charge in [0, 0.05) is 6.54 Å². The second-order valence-electron chi connectivity index (χ2n) is 5.44. The number of aryl methyl sites for hydroxylation is 1. The number of nitrogens with zero attached hydrogens (tertiary/aromatic N) is 1. The molecule has 1 aliphatic rings. The van der Waals surface area contributed by atoms with E-state index in [9.17, 15) is 4.79 Å². The zero-order valence-electron chi connectivity index (χ0n) is 11.9. The van der Waals surface area contributed by atoms with Gasteiger partial charge in [-0.25, -0.2) is 4.79 Å². The molecule has 1 aromatic rings. The number of ether oxygens (including phenoxy) is 1. The van der Waals surface area contributed by atoms with Crippen molar-refractivity contribution in [2.75, 3.05) is 19.6 Å². The Morgan fingerprint density at radius 1 is 1.21 bits per heavy atom. The molecular weight excluding hydrogens is 238 g/mol. The van der Waals surface area contributed by atoms with Crippen molar-refractivity contribution >= 4 is 5.97 Å². The van der Waals surface area contributed by atoms with Gasteiger partial charge in [0.15, 0.2) is 0 Å². The summed E-state index contributed by atoms with van der Waals surface area (Å²) in [6.45, 7) is 7.09. The summed E-state index contributed by atoms with van der Waals surface area (Å²) in [6.07, 6.45) is 3.80. The minimum Gasteiger partial charge on any atom is -0.458 e. The molecule has 0 aromatic heterocycles. The van der Waals surface area contributed by atoms with E-state index in [4.69, 9.17) is 4.74 Å². The largest absolute Gasteiger partial charge is 0.458 e. The van der Waals surface area contributed by atoms with Gasteiger partial charge < -0.3 is 4.74 Å². The highest BCUT2D eigenvalue weighted by atomic mass is 16.5. The van der Waals surface area contributed by atoms with E-state index >= 15 is 0 Å². The summed E-state index contributed by atoms with van der Waals surface area (Å²) >= 11 is 0. The monoisotopic (exact) mass is 261 g/mol. The number of hydrogen-bond donors (Lipinski definition) is 0. The smallest absolute Gasteiger partial charge is 0.338 e. The number of benzene rings is 1. The normalized spacial score (nSPS) is 18.0. The van der Waals surface area contributed by atoms with Gasteiger partial charge in [-0.2, -0.15) is 0 Å². The fraction of sp³-hybridized carbons (Fsp3) is 0.562. The molecule has 2 rings (SSSR count).